The van der Waals surface area contributed by atoms with Crippen molar-refractivity contribution >= 4 is 28.0 Å². The average molecular weight is 307 g/mol. The van der Waals surface area contributed by atoms with Crippen molar-refractivity contribution in [3.63, 3.8) is 0 Å². The maximum absolute atomic E-state index is 11.9. The van der Waals surface area contributed by atoms with Crippen LogP contribution in [0.15, 0.2) is 46.1 Å². The van der Waals surface area contributed by atoms with E-state index in [-0.39, 0.29) is 0 Å². The van der Waals surface area contributed by atoms with Crippen LogP contribution in [0.25, 0.3) is 10.9 Å². The third-order valence-electron chi connectivity index (χ3n) is 4.49. The Morgan fingerprint density at radius 3 is 2.61 bits per heavy atom. The zero-order valence-electron chi connectivity index (χ0n) is 12.6. The maximum Gasteiger partial charge on any atom is 0.253 e. The summed E-state index contributed by atoms with van der Waals surface area (Å²) < 4.78 is 0. The molecule has 1 saturated carbocycles. The van der Waals surface area contributed by atoms with E-state index in [1.807, 2.05) is 30.3 Å². The van der Waals surface area contributed by atoms with Gasteiger partial charge >= 0.3 is 0 Å². The van der Waals surface area contributed by atoms with Gasteiger partial charge in [-0.25, -0.2) is 0 Å². The molecular weight excluding hydrogens is 290 g/mol. The zero-order valence-corrected chi connectivity index (χ0v) is 12.6. The van der Waals surface area contributed by atoms with Gasteiger partial charge in [0.25, 0.3) is 10.9 Å². The summed E-state index contributed by atoms with van der Waals surface area (Å²) in [6, 6.07) is 9.83. The van der Waals surface area contributed by atoms with Crippen LogP contribution in [0.1, 0.15) is 25.7 Å². The minimum Gasteiger partial charge on any atom is -0.377 e. The molecule has 0 spiro atoms. The molecule has 2 N–H and O–H groups in total. The maximum atomic E-state index is 11.9. The lowest BCUT2D eigenvalue weighted by molar-refractivity contribution is 0.753. The Morgan fingerprint density at radius 2 is 1.78 bits per heavy atom. The number of anilines is 3. The van der Waals surface area contributed by atoms with E-state index in [0.717, 1.165) is 29.4 Å². The number of fused-ring (bicyclic) bond motifs is 1. The lowest BCUT2D eigenvalue weighted by Crippen LogP contribution is -2.38. The number of benzene rings is 1. The topological polar surface area (TPSA) is 71.1 Å². The summed E-state index contributed by atoms with van der Waals surface area (Å²) in [6.07, 6.45) is 6.20. The molecule has 0 unspecified atom stereocenters. The second-order valence-corrected chi connectivity index (χ2v) is 6.07. The van der Waals surface area contributed by atoms with E-state index in [4.69, 9.17) is 0 Å². The molecule has 0 aliphatic heterocycles. The van der Waals surface area contributed by atoms with Crippen molar-refractivity contribution in [3.8, 4) is 0 Å². The summed E-state index contributed by atoms with van der Waals surface area (Å²) in [6.45, 7) is 0. The number of hydrogen-bond acceptors (Lipinski definition) is 5. The largest absolute Gasteiger partial charge is 0.377 e. The molecule has 3 aromatic rings. The third kappa shape index (κ3) is 2.48. The number of pyridine rings is 1. The van der Waals surface area contributed by atoms with Crippen LogP contribution in [0, 0.1) is 0 Å². The van der Waals surface area contributed by atoms with Crippen LogP contribution in [0.3, 0.4) is 0 Å². The second-order valence-electron chi connectivity index (χ2n) is 6.07. The van der Waals surface area contributed by atoms with Gasteiger partial charge < -0.3 is 10.6 Å². The molecule has 0 atom stereocenters. The first-order valence-corrected chi connectivity index (χ1v) is 7.94. The molecule has 5 nitrogen and oxygen atoms in total. The van der Waals surface area contributed by atoms with E-state index < -0.39 is 10.9 Å². The fourth-order valence-corrected chi connectivity index (χ4v) is 3.22. The van der Waals surface area contributed by atoms with E-state index in [9.17, 15) is 9.59 Å². The minimum absolute atomic E-state index is 0.305. The predicted molar refractivity (Wildman–Crippen MR) is 92.3 cm³/mol. The van der Waals surface area contributed by atoms with Gasteiger partial charge in [0.1, 0.15) is 11.4 Å². The normalized spacial score (nSPS) is 15.3. The Labute approximate surface area is 133 Å². The van der Waals surface area contributed by atoms with Gasteiger partial charge in [0, 0.05) is 23.3 Å². The van der Waals surface area contributed by atoms with Gasteiger partial charge in [0.15, 0.2) is 0 Å². The minimum atomic E-state index is -0.447. The highest BCUT2D eigenvalue weighted by molar-refractivity contribution is 5.85. The first kappa shape index (κ1) is 13.9. The molecule has 116 valence electrons. The summed E-state index contributed by atoms with van der Waals surface area (Å²) in [4.78, 5) is 28.0. The van der Waals surface area contributed by atoms with Crippen LogP contribution >= 0.6 is 0 Å². The molecule has 1 aliphatic rings. The Bertz CT molecular complexity index is 935. The number of nitrogens with zero attached hydrogens (tertiary/aromatic N) is 1. The van der Waals surface area contributed by atoms with Crippen LogP contribution in [-0.2, 0) is 0 Å². The molecule has 1 aromatic heterocycles. The molecular formula is C18H17N3O2. The molecule has 0 bridgehead atoms. The summed E-state index contributed by atoms with van der Waals surface area (Å²) in [5, 5.41) is 7.32. The van der Waals surface area contributed by atoms with Crippen molar-refractivity contribution in [1.82, 2.24) is 4.98 Å². The Balaban J connectivity index is 1.61. The van der Waals surface area contributed by atoms with Crippen LogP contribution < -0.4 is 21.5 Å². The van der Waals surface area contributed by atoms with Crippen molar-refractivity contribution in [2.45, 2.75) is 31.7 Å². The van der Waals surface area contributed by atoms with Gasteiger partial charge in [-0.3, -0.25) is 14.6 Å². The van der Waals surface area contributed by atoms with Crippen molar-refractivity contribution < 1.29 is 0 Å². The molecule has 4 rings (SSSR count). The van der Waals surface area contributed by atoms with E-state index in [0.29, 0.717) is 17.4 Å². The van der Waals surface area contributed by atoms with Gasteiger partial charge in [0.2, 0.25) is 0 Å². The van der Waals surface area contributed by atoms with E-state index >= 15 is 0 Å². The quantitative estimate of drug-likeness (QED) is 0.725. The van der Waals surface area contributed by atoms with Crippen LogP contribution in [0.2, 0.25) is 0 Å². The summed E-state index contributed by atoms with van der Waals surface area (Å²) in [5.41, 5.74) is 1.64. The lowest BCUT2D eigenvalue weighted by Gasteiger charge is -2.19. The molecule has 0 radical (unpaired) electrons. The molecule has 0 amide bonds. The van der Waals surface area contributed by atoms with Gasteiger partial charge in [-0.05, 0) is 37.1 Å². The molecule has 23 heavy (non-hydrogen) atoms. The number of aromatic nitrogens is 1. The van der Waals surface area contributed by atoms with Crippen LogP contribution in [0.4, 0.5) is 17.1 Å². The first-order chi connectivity index (χ1) is 11.2. The highest BCUT2D eigenvalue weighted by atomic mass is 16.2. The lowest BCUT2D eigenvalue weighted by atomic mass is 10.1. The molecule has 1 heterocycles. The van der Waals surface area contributed by atoms with Crippen molar-refractivity contribution in [1.29, 1.82) is 0 Å². The van der Waals surface area contributed by atoms with Crippen LogP contribution in [0.5, 0.6) is 0 Å². The highest BCUT2D eigenvalue weighted by Crippen LogP contribution is 2.27. The predicted octanol–water partition coefficient (Wildman–Crippen LogP) is 2.93. The molecule has 1 fully saturated rings. The second kappa shape index (κ2) is 5.50. The van der Waals surface area contributed by atoms with Gasteiger partial charge in [-0.15, -0.1) is 0 Å². The number of nitrogens with one attached hydrogen (secondary N) is 2. The first-order valence-electron chi connectivity index (χ1n) is 7.94. The molecule has 1 aliphatic carbocycles. The van der Waals surface area contributed by atoms with Crippen molar-refractivity contribution in [3.05, 3.63) is 57.0 Å². The van der Waals surface area contributed by atoms with Crippen molar-refractivity contribution in [2.24, 2.45) is 0 Å². The van der Waals surface area contributed by atoms with Gasteiger partial charge in [0.05, 0.1) is 5.52 Å². The van der Waals surface area contributed by atoms with E-state index in [2.05, 4.69) is 15.6 Å². The Kier molecular flexibility index (Phi) is 3.33. The fraction of sp³-hybridized carbons (Fsp3) is 0.278. The number of hydrogen-bond donors (Lipinski definition) is 2. The average Bonchev–Trinajstić information content (AvgIpc) is 3.11. The summed E-state index contributed by atoms with van der Waals surface area (Å²) in [5.74, 6) is 0. The monoisotopic (exact) mass is 307 g/mol. The van der Waals surface area contributed by atoms with Gasteiger partial charge in [-0.1, -0.05) is 18.9 Å². The van der Waals surface area contributed by atoms with E-state index in [1.54, 1.807) is 6.20 Å². The zero-order chi connectivity index (χ0) is 15.8. The molecule has 5 heteroatoms. The standard InChI is InChI=1S/C18H17N3O2/c22-17-15(20-12-5-1-2-6-12)16(18(17)23)21-13-7-8-14-11(10-13)4-3-9-19-14/h3-4,7-10,12,20-21H,1-2,5-6H2. The summed E-state index contributed by atoms with van der Waals surface area (Å²) >= 11 is 0. The third-order valence-corrected chi connectivity index (χ3v) is 4.49. The molecule has 0 saturated heterocycles. The SMILES string of the molecule is O=c1c(Nc2ccc3ncccc3c2)c(NC2CCCC2)c1=O. The molecule has 2 aromatic carbocycles. The van der Waals surface area contributed by atoms with Crippen LogP contribution in [-0.4, -0.2) is 11.0 Å². The van der Waals surface area contributed by atoms with Crippen molar-refractivity contribution in [2.75, 3.05) is 10.6 Å². The highest BCUT2D eigenvalue weighted by Gasteiger charge is 2.25. The fourth-order valence-electron chi connectivity index (χ4n) is 3.22. The van der Waals surface area contributed by atoms with Gasteiger partial charge in [-0.2, -0.15) is 0 Å². The number of rotatable bonds is 4. The smallest absolute Gasteiger partial charge is 0.253 e. The Hall–Kier alpha value is -2.69. The summed E-state index contributed by atoms with van der Waals surface area (Å²) in [7, 11) is 0. The van der Waals surface area contributed by atoms with E-state index in [1.165, 1.54) is 12.8 Å². The Morgan fingerprint density at radius 1 is 1.00 bits per heavy atom.